The van der Waals surface area contributed by atoms with Gasteiger partial charge in [0.05, 0.1) is 0 Å². The average Bonchev–Trinajstić information content (AvgIpc) is 2.93. The van der Waals surface area contributed by atoms with Crippen molar-refractivity contribution in [1.82, 2.24) is 0 Å². The molecule has 2 amide bonds. The second kappa shape index (κ2) is 13.8. The van der Waals surface area contributed by atoms with Crippen LogP contribution in [0.3, 0.4) is 0 Å². The minimum Gasteiger partial charge on any atom is -0.410 e. The molecule has 0 atom stereocenters. The first kappa shape index (κ1) is 27.5. The second-order valence-electron chi connectivity index (χ2n) is 9.24. The summed E-state index contributed by atoms with van der Waals surface area (Å²) in [6.45, 7) is 4.18. The van der Waals surface area contributed by atoms with Gasteiger partial charge >= 0.3 is 12.2 Å². The molecule has 200 valence electrons. The molecule has 0 aliphatic carbocycles. The van der Waals surface area contributed by atoms with E-state index in [0.29, 0.717) is 29.3 Å². The Balaban J connectivity index is 1.46. The lowest BCUT2D eigenvalue weighted by Gasteiger charge is -2.15. The van der Waals surface area contributed by atoms with Gasteiger partial charge in [-0.1, -0.05) is 99.5 Å². The van der Waals surface area contributed by atoms with Crippen molar-refractivity contribution in [1.29, 1.82) is 0 Å². The van der Waals surface area contributed by atoms with E-state index in [1.807, 2.05) is 84.9 Å². The largest absolute Gasteiger partial charge is 0.417 e. The summed E-state index contributed by atoms with van der Waals surface area (Å²) in [6.07, 6.45) is 2.95. The summed E-state index contributed by atoms with van der Waals surface area (Å²) in [7, 11) is 0. The molecule has 4 aromatic rings. The maximum atomic E-state index is 12.8. The Labute approximate surface area is 230 Å². The van der Waals surface area contributed by atoms with Crippen molar-refractivity contribution in [3.8, 4) is 11.5 Å². The van der Waals surface area contributed by atoms with E-state index < -0.39 is 12.2 Å². The number of hydrogen-bond acceptors (Lipinski definition) is 4. The van der Waals surface area contributed by atoms with Crippen molar-refractivity contribution in [2.45, 2.75) is 46.0 Å². The van der Waals surface area contributed by atoms with Gasteiger partial charge < -0.3 is 9.47 Å². The number of amides is 2. The molecule has 0 aliphatic heterocycles. The van der Waals surface area contributed by atoms with Gasteiger partial charge in [0, 0.05) is 17.8 Å². The number of ether oxygens (including phenoxy) is 2. The van der Waals surface area contributed by atoms with Gasteiger partial charge in [0.1, 0.15) is 11.5 Å². The summed E-state index contributed by atoms with van der Waals surface area (Å²) in [5.41, 5.74) is 5.03. The molecule has 0 fully saturated rings. The molecule has 0 heterocycles. The van der Waals surface area contributed by atoms with E-state index in [1.54, 1.807) is 12.1 Å². The fraction of sp³-hybridized carbons (Fsp3) is 0.212. The molecule has 0 radical (unpaired) electrons. The van der Waals surface area contributed by atoms with E-state index >= 15 is 0 Å². The van der Waals surface area contributed by atoms with Crippen LogP contribution in [0.1, 0.15) is 48.9 Å². The topological polar surface area (TPSA) is 76.7 Å². The van der Waals surface area contributed by atoms with Crippen molar-refractivity contribution in [3.63, 3.8) is 0 Å². The zero-order valence-corrected chi connectivity index (χ0v) is 22.4. The molecule has 0 unspecified atom stereocenters. The number of nitrogens with one attached hydrogen (secondary N) is 2. The fourth-order valence-electron chi connectivity index (χ4n) is 4.43. The van der Waals surface area contributed by atoms with Crippen molar-refractivity contribution >= 4 is 23.6 Å². The molecule has 4 rings (SSSR count). The Bertz CT molecular complexity index is 1310. The van der Waals surface area contributed by atoms with Crippen LogP contribution in [-0.2, 0) is 19.3 Å². The van der Waals surface area contributed by atoms with E-state index in [1.165, 1.54) is 0 Å². The van der Waals surface area contributed by atoms with E-state index in [2.05, 4.69) is 24.5 Å². The zero-order valence-electron chi connectivity index (χ0n) is 22.4. The molecule has 0 saturated carbocycles. The normalized spacial score (nSPS) is 10.5. The third kappa shape index (κ3) is 7.71. The van der Waals surface area contributed by atoms with Crippen LogP contribution in [0.25, 0.3) is 0 Å². The standard InChI is InChI=1S/C33H34N2O4/c1-3-13-24-15-7-11-21-30(24)38-32(36)34-28-19-9-5-17-26(28)23-27-18-6-10-20-29(27)35-33(37)39-31-22-12-8-16-25(31)14-4-2/h5-12,15-22H,3-4,13-14,23H2,1-2H3,(H,34,36)(H,35,37). The minimum atomic E-state index is -0.549. The van der Waals surface area contributed by atoms with E-state index in [4.69, 9.17) is 9.47 Å². The van der Waals surface area contributed by atoms with Crippen LogP contribution < -0.4 is 20.1 Å². The third-order valence-electron chi connectivity index (χ3n) is 6.28. The molecule has 39 heavy (non-hydrogen) atoms. The average molecular weight is 523 g/mol. The van der Waals surface area contributed by atoms with Crippen LogP contribution in [0.4, 0.5) is 21.0 Å². The molecule has 4 aromatic carbocycles. The SMILES string of the molecule is CCCc1ccccc1OC(=O)Nc1ccccc1Cc1ccccc1NC(=O)Oc1ccccc1CCC. The summed E-state index contributed by atoms with van der Waals surface area (Å²) < 4.78 is 11.3. The lowest BCUT2D eigenvalue weighted by molar-refractivity contribution is 0.213. The van der Waals surface area contributed by atoms with Gasteiger partial charge in [-0.15, -0.1) is 0 Å². The third-order valence-corrected chi connectivity index (χ3v) is 6.28. The quantitative estimate of drug-likeness (QED) is 0.219. The van der Waals surface area contributed by atoms with Gasteiger partial charge in [-0.3, -0.25) is 10.6 Å². The Morgan fingerprint density at radius 3 is 1.31 bits per heavy atom. The molecule has 2 N–H and O–H groups in total. The number of rotatable bonds is 10. The fourth-order valence-corrected chi connectivity index (χ4v) is 4.43. The van der Waals surface area contributed by atoms with Crippen LogP contribution in [0.15, 0.2) is 97.1 Å². The van der Waals surface area contributed by atoms with E-state index in [9.17, 15) is 9.59 Å². The molecule has 0 aromatic heterocycles. The van der Waals surface area contributed by atoms with Crippen molar-refractivity contribution in [2.24, 2.45) is 0 Å². The van der Waals surface area contributed by atoms with Gasteiger partial charge in [-0.25, -0.2) is 9.59 Å². The van der Waals surface area contributed by atoms with Crippen molar-refractivity contribution in [2.75, 3.05) is 10.6 Å². The Morgan fingerprint density at radius 1 is 0.538 bits per heavy atom. The summed E-state index contributed by atoms with van der Waals surface area (Å²) in [5, 5.41) is 5.77. The number of carbonyl (C=O) groups excluding carboxylic acids is 2. The van der Waals surface area contributed by atoms with E-state index in [-0.39, 0.29) is 0 Å². The highest BCUT2D eigenvalue weighted by Gasteiger charge is 2.15. The van der Waals surface area contributed by atoms with Crippen molar-refractivity contribution < 1.29 is 19.1 Å². The lowest BCUT2D eigenvalue weighted by Crippen LogP contribution is -2.19. The lowest BCUT2D eigenvalue weighted by atomic mass is 10.0. The summed E-state index contributed by atoms with van der Waals surface area (Å²) in [4.78, 5) is 25.6. The molecule has 0 aliphatic rings. The Hall–Kier alpha value is -4.58. The predicted octanol–water partition coefficient (Wildman–Crippen LogP) is 8.40. The number of benzene rings is 4. The van der Waals surface area contributed by atoms with Crippen LogP contribution in [0.2, 0.25) is 0 Å². The molecule has 6 heteroatoms. The van der Waals surface area contributed by atoms with Crippen LogP contribution >= 0.6 is 0 Å². The summed E-state index contributed by atoms with van der Waals surface area (Å²) >= 11 is 0. The number of carbonyl (C=O) groups is 2. The smallest absolute Gasteiger partial charge is 0.410 e. The summed E-state index contributed by atoms with van der Waals surface area (Å²) in [5.74, 6) is 1.12. The van der Waals surface area contributed by atoms with Gasteiger partial charge in [0.25, 0.3) is 0 Å². The molecule has 0 bridgehead atoms. The second-order valence-corrected chi connectivity index (χ2v) is 9.24. The Kier molecular flexibility index (Phi) is 9.73. The maximum absolute atomic E-state index is 12.8. The molecule has 0 saturated heterocycles. The number of aryl methyl sites for hydroxylation is 2. The van der Waals surface area contributed by atoms with Gasteiger partial charge in [-0.05, 0) is 59.4 Å². The molecule has 6 nitrogen and oxygen atoms in total. The van der Waals surface area contributed by atoms with E-state index in [0.717, 1.165) is 47.9 Å². The van der Waals surface area contributed by atoms with Crippen LogP contribution in [0, 0.1) is 0 Å². The minimum absolute atomic E-state index is 0.478. The maximum Gasteiger partial charge on any atom is 0.417 e. The number of hydrogen-bond donors (Lipinski definition) is 2. The first-order valence-corrected chi connectivity index (χ1v) is 13.4. The van der Waals surface area contributed by atoms with Gasteiger partial charge in [0.2, 0.25) is 0 Å². The molecular weight excluding hydrogens is 488 g/mol. The van der Waals surface area contributed by atoms with Gasteiger partial charge in [0.15, 0.2) is 0 Å². The van der Waals surface area contributed by atoms with Crippen LogP contribution in [0.5, 0.6) is 11.5 Å². The Morgan fingerprint density at radius 2 is 0.897 bits per heavy atom. The highest BCUT2D eigenvalue weighted by molar-refractivity contribution is 5.89. The highest BCUT2D eigenvalue weighted by atomic mass is 16.6. The number of para-hydroxylation sites is 4. The van der Waals surface area contributed by atoms with Crippen LogP contribution in [-0.4, -0.2) is 12.2 Å². The van der Waals surface area contributed by atoms with Crippen molar-refractivity contribution in [3.05, 3.63) is 119 Å². The molecular formula is C33H34N2O4. The summed E-state index contributed by atoms with van der Waals surface area (Å²) in [6, 6.07) is 30.2. The number of anilines is 2. The predicted molar refractivity (Wildman–Crippen MR) is 156 cm³/mol. The highest BCUT2D eigenvalue weighted by Crippen LogP contribution is 2.26. The first-order valence-electron chi connectivity index (χ1n) is 13.4. The van der Waals surface area contributed by atoms with Gasteiger partial charge in [-0.2, -0.15) is 0 Å². The zero-order chi connectivity index (χ0) is 27.5. The molecule has 0 spiro atoms. The monoisotopic (exact) mass is 522 g/mol. The first-order chi connectivity index (χ1) is 19.1.